The van der Waals surface area contributed by atoms with Gasteiger partial charge < -0.3 is 15.8 Å². The Morgan fingerprint density at radius 1 is 1.44 bits per heavy atom. The number of nitrogens with one attached hydrogen (secondary N) is 1. The van der Waals surface area contributed by atoms with Crippen molar-refractivity contribution in [3.63, 3.8) is 0 Å². The number of carbonyl (C=O) groups is 2. The first-order chi connectivity index (χ1) is 8.54. The molecular formula is C12H15FN2O3. The highest BCUT2D eigenvalue weighted by molar-refractivity contribution is 5.95. The minimum absolute atomic E-state index is 0.00468. The van der Waals surface area contributed by atoms with Crippen molar-refractivity contribution < 1.29 is 18.7 Å². The Kier molecular flexibility index (Phi) is 5.10. The molecule has 0 aliphatic heterocycles. The number of ether oxygens (including phenoxy) is 1. The van der Waals surface area contributed by atoms with Crippen molar-refractivity contribution in [3.05, 3.63) is 29.6 Å². The Hall–Kier alpha value is -2.11. The third-order valence-corrected chi connectivity index (χ3v) is 2.30. The van der Waals surface area contributed by atoms with E-state index in [1.807, 2.05) is 0 Å². The van der Waals surface area contributed by atoms with E-state index in [2.05, 4.69) is 5.32 Å². The van der Waals surface area contributed by atoms with E-state index in [1.54, 1.807) is 0 Å². The molecular weight excluding hydrogens is 239 g/mol. The van der Waals surface area contributed by atoms with E-state index in [9.17, 15) is 14.0 Å². The smallest absolute Gasteiger partial charge is 0.340 e. The summed E-state index contributed by atoms with van der Waals surface area (Å²) in [5.74, 6) is -1.37. The highest BCUT2D eigenvalue weighted by atomic mass is 19.1. The fourth-order valence-corrected chi connectivity index (χ4v) is 1.31. The number of hydrogen-bond acceptors (Lipinski definition) is 4. The summed E-state index contributed by atoms with van der Waals surface area (Å²) >= 11 is 0. The van der Waals surface area contributed by atoms with Gasteiger partial charge in [0.25, 0.3) is 0 Å². The van der Waals surface area contributed by atoms with Crippen LogP contribution in [-0.4, -0.2) is 25.5 Å². The molecule has 0 radical (unpaired) electrons. The zero-order valence-electron chi connectivity index (χ0n) is 10.0. The number of nitrogens with two attached hydrogens (primary N) is 1. The first kappa shape index (κ1) is 14.0. The van der Waals surface area contributed by atoms with Gasteiger partial charge in [-0.15, -0.1) is 0 Å². The van der Waals surface area contributed by atoms with Crippen molar-refractivity contribution in [1.82, 2.24) is 5.32 Å². The van der Waals surface area contributed by atoms with Crippen molar-refractivity contribution in [2.24, 2.45) is 0 Å². The maximum absolute atomic E-state index is 12.9. The Morgan fingerprint density at radius 3 is 2.83 bits per heavy atom. The maximum Gasteiger partial charge on any atom is 0.340 e. The van der Waals surface area contributed by atoms with E-state index >= 15 is 0 Å². The van der Waals surface area contributed by atoms with Crippen molar-refractivity contribution >= 4 is 17.6 Å². The summed E-state index contributed by atoms with van der Waals surface area (Å²) in [6, 6.07) is 3.49. The molecule has 1 aromatic carbocycles. The minimum Gasteiger partial charge on any atom is -0.462 e. The summed E-state index contributed by atoms with van der Waals surface area (Å²) in [4.78, 5) is 22.5. The number of rotatable bonds is 5. The van der Waals surface area contributed by atoms with Crippen LogP contribution in [0.5, 0.6) is 0 Å². The number of nitrogen functional groups attached to an aromatic ring is 1. The van der Waals surface area contributed by atoms with E-state index in [0.29, 0.717) is 6.42 Å². The van der Waals surface area contributed by atoms with Gasteiger partial charge in [-0.25, -0.2) is 9.18 Å². The fraction of sp³-hybridized carbons (Fsp3) is 0.333. The van der Waals surface area contributed by atoms with Gasteiger partial charge in [0.1, 0.15) is 5.82 Å². The Bertz CT molecular complexity index is 449. The first-order valence-electron chi connectivity index (χ1n) is 5.47. The highest BCUT2D eigenvalue weighted by Gasteiger charge is 2.12. The SMILES string of the molecule is CNC(=O)CCCOC(=O)c1cc(F)ccc1N. The van der Waals surface area contributed by atoms with Crippen LogP contribution in [0.25, 0.3) is 0 Å². The number of anilines is 1. The monoisotopic (exact) mass is 254 g/mol. The van der Waals surface area contributed by atoms with Crippen molar-refractivity contribution in [2.45, 2.75) is 12.8 Å². The highest BCUT2D eigenvalue weighted by Crippen LogP contribution is 2.14. The van der Waals surface area contributed by atoms with Crippen LogP contribution in [0.2, 0.25) is 0 Å². The van der Waals surface area contributed by atoms with E-state index in [0.717, 1.165) is 12.1 Å². The van der Waals surface area contributed by atoms with Crippen molar-refractivity contribution in [2.75, 3.05) is 19.4 Å². The summed E-state index contributed by atoms with van der Waals surface area (Å²) in [5.41, 5.74) is 5.69. The summed E-state index contributed by atoms with van der Waals surface area (Å²) in [6.45, 7) is 0.0855. The minimum atomic E-state index is -0.691. The summed E-state index contributed by atoms with van der Waals surface area (Å²) in [5, 5.41) is 2.45. The number of halogens is 1. The number of benzene rings is 1. The second-order valence-electron chi connectivity index (χ2n) is 3.64. The normalized spacial score (nSPS) is 9.89. The molecule has 0 atom stereocenters. The molecule has 0 aromatic heterocycles. The first-order valence-corrected chi connectivity index (χ1v) is 5.47. The van der Waals surface area contributed by atoms with Gasteiger partial charge in [-0.1, -0.05) is 0 Å². The van der Waals surface area contributed by atoms with Gasteiger partial charge in [0.15, 0.2) is 0 Å². The van der Waals surface area contributed by atoms with Crippen LogP contribution in [0.4, 0.5) is 10.1 Å². The average Bonchev–Trinajstić information content (AvgIpc) is 2.36. The number of carbonyl (C=O) groups excluding carboxylic acids is 2. The molecule has 0 saturated carbocycles. The lowest BCUT2D eigenvalue weighted by molar-refractivity contribution is -0.120. The third-order valence-electron chi connectivity index (χ3n) is 2.30. The molecule has 1 aromatic rings. The quantitative estimate of drug-likeness (QED) is 0.468. The molecule has 0 fully saturated rings. The van der Waals surface area contributed by atoms with Crippen LogP contribution < -0.4 is 11.1 Å². The van der Waals surface area contributed by atoms with Crippen LogP contribution in [0, 0.1) is 5.82 Å². The Labute approximate surface area is 104 Å². The van der Waals surface area contributed by atoms with Crippen LogP contribution in [0.1, 0.15) is 23.2 Å². The lowest BCUT2D eigenvalue weighted by Crippen LogP contribution is -2.18. The summed E-state index contributed by atoms with van der Waals surface area (Å²) in [6.07, 6.45) is 0.670. The molecule has 0 aliphatic rings. The van der Waals surface area contributed by atoms with Gasteiger partial charge in [-0.2, -0.15) is 0 Å². The predicted molar refractivity (Wildman–Crippen MR) is 64.4 cm³/mol. The van der Waals surface area contributed by atoms with Crippen LogP contribution in [0.3, 0.4) is 0 Å². The van der Waals surface area contributed by atoms with Crippen molar-refractivity contribution in [3.8, 4) is 0 Å². The van der Waals surface area contributed by atoms with E-state index in [4.69, 9.17) is 10.5 Å². The van der Waals surface area contributed by atoms with Crippen LogP contribution in [0.15, 0.2) is 18.2 Å². The molecule has 0 spiro atoms. The molecule has 6 heteroatoms. The zero-order valence-corrected chi connectivity index (χ0v) is 10.0. The van der Waals surface area contributed by atoms with Gasteiger partial charge in [-0.05, 0) is 24.6 Å². The van der Waals surface area contributed by atoms with Crippen LogP contribution >= 0.6 is 0 Å². The van der Waals surface area contributed by atoms with E-state index in [1.165, 1.54) is 13.1 Å². The third kappa shape index (κ3) is 4.04. The van der Waals surface area contributed by atoms with Gasteiger partial charge in [0.2, 0.25) is 5.91 Å². The van der Waals surface area contributed by atoms with Gasteiger partial charge in [0, 0.05) is 19.2 Å². The predicted octanol–water partition coefficient (Wildman–Crippen LogP) is 1.09. The van der Waals surface area contributed by atoms with Gasteiger partial charge in [-0.3, -0.25) is 4.79 Å². The topological polar surface area (TPSA) is 81.4 Å². The zero-order chi connectivity index (χ0) is 13.5. The average molecular weight is 254 g/mol. The number of amides is 1. The van der Waals surface area contributed by atoms with Gasteiger partial charge >= 0.3 is 5.97 Å². The maximum atomic E-state index is 12.9. The lowest BCUT2D eigenvalue weighted by atomic mass is 10.2. The molecule has 5 nitrogen and oxygen atoms in total. The molecule has 0 saturated heterocycles. The fourth-order valence-electron chi connectivity index (χ4n) is 1.31. The standard InChI is InChI=1S/C12H15FN2O3/c1-15-11(16)3-2-6-18-12(17)9-7-8(13)4-5-10(9)14/h4-5,7H,2-3,6,14H2,1H3,(H,15,16). The second-order valence-corrected chi connectivity index (χ2v) is 3.64. The van der Waals surface area contributed by atoms with E-state index < -0.39 is 11.8 Å². The van der Waals surface area contributed by atoms with Gasteiger partial charge in [0.05, 0.1) is 12.2 Å². The molecule has 0 aliphatic carbocycles. The molecule has 0 heterocycles. The second kappa shape index (κ2) is 6.58. The van der Waals surface area contributed by atoms with E-state index in [-0.39, 0.29) is 30.2 Å². The molecule has 18 heavy (non-hydrogen) atoms. The summed E-state index contributed by atoms with van der Waals surface area (Å²) in [7, 11) is 1.53. The molecule has 1 rings (SSSR count). The Balaban J connectivity index is 2.46. The molecule has 3 N–H and O–H groups in total. The lowest BCUT2D eigenvalue weighted by Gasteiger charge is -2.06. The number of esters is 1. The largest absolute Gasteiger partial charge is 0.462 e. The van der Waals surface area contributed by atoms with Crippen molar-refractivity contribution in [1.29, 1.82) is 0 Å². The molecule has 0 bridgehead atoms. The molecule has 0 unspecified atom stereocenters. The Morgan fingerprint density at radius 2 is 2.17 bits per heavy atom. The molecule has 1 amide bonds. The van der Waals surface area contributed by atoms with Crippen LogP contribution in [-0.2, 0) is 9.53 Å². The number of hydrogen-bond donors (Lipinski definition) is 2. The summed E-state index contributed by atoms with van der Waals surface area (Å²) < 4.78 is 17.8. The molecule has 98 valence electrons.